The van der Waals surface area contributed by atoms with Gasteiger partial charge in [0.2, 0.25) is 5.91 Å². The summed E-state index contributed by atoms with van der Waals surface area (Å²) in [6.45, 7) is 11.4. The molecule has 2 aliphatic rings. The van der Waals surface area contributed by atoms with Crippen LogP contribution in [-0.2, 0) is 28.0 Å². The lowest BCUT2D eigenvalue weighted by Gasteiger charge is -2.44. The number of aryl methyl sites for hydroxylation is 1. The number of benzene rings is 1. The van der Waals surface area contributed by atoms with Crippen LogP contribution in [0.2, 0.25) is 0 Å². The highest BCUT2D eigenvalue weighted by Gasteiger charge is 2.35. The summed E-state index contributed by atoms with van der Waals surface area (Å²) >= 11 is 0. The molecule has 1 aromatic carbocycles. The van der Waals surface area contributed by atoms with Crippen molar-refractivity contribution in [3.63, 3.8) is 0 Å². The normalized spacial score (nSPS) is 18.9. The lowest BCUT2D eigenvalue weighted by molar-refractivity contribution is -0.128. The van der Waals surface area contributed by atoms with E-state index in [-0.39, 0.29) is 71.5 Å². The molecule has 2 N–H and O–H groups in total. The van der Waals surface area contributed by atoms with Gasteiger partial charge >= 0.3 is 5.69 Å². The minimum absolute atomic E-state index is 0.0288. The van der Waals surface area contributed by atoms with E-state index in [0.29, 0.717) is 36.3 Å². The second kappa shape index (κ2) is 13.0. The topological polar surface area (TPSA) is 148 Å². The van der Waals surface area contributed by atoms with E-state index in [1.54, 1.807) is 17.2 Å². The van der Waals surface area contributed by atoms with Crippen molar-refractivity contribution in [1.29, 1.82) is 0 Å². The van der Waals surface area contributed by atoms with Gasteiger partial charge in [-0.1, -0.05) is 32.6 Å². The molecule has 258 valence electrons. The number of halogens is 2. The van der Waals surface area contributed by atoms with E-state index >= 15 is 8.78 Å². The monoisotopic (exact) mass is 692 g/mol. The zero-order chi connectivity index (χ0) is 35.4. The summed E-state index contributed by atoms with van der Waals surface area (Å²) in [4.78, 5) is 44.3. The number of carbonyl (C=O) groups excluding carboxylic acids is 1. The molecule has 0 aliphatic carbocycles. The van der Waals surface area contributed by atoms with Crippen LogP contribution in [0.1, 0.15) is 56.9 Å². The molecule has 2 atom stereocenters. The number of hydrogen-bond donors (Lipinski definition) is 1. The summed E-state index contributed by atoms with van der Waals surface area (Å²) in [7, 11) is -4.25. The molecule has 0 unspecified atom stereocenters. The van der Waals surface area contributed by atoms with E-state index in [0.717, 1.165) is 10.4 Å². The van der Waals surface area contributed by atoms with E-state index in [1.807, 2.05) is 32.6 Å². The van der Waals surface area contributed by atoms with Crippen molar-refractivity contribution in [2.45, 2.75) is 65.1 Å². The first kappa shape index (κ1) is 34.3. The predicted molar refractivity (Wildman–Crippen MR) is 182 cm³/mol. The summed E-state index contributed by atoms with van der Waals surface area (Å²) in [5.41, 5.74) is 0.433. The molecule has 2 aliphatic heterocycles. The molecule has 12 nitrogen and oxygen atoms in total. The second-order valence-electron chi connectivity index (χ2n) is 12.9. The lowest BCUT2D eigenvalue weighted by atomic mass is 10.0. The first-order valence-electron chi connectivity index (χ1n) is 16.1. The molecule has 0 radical (unpaired) electrons. The molecule has 1 saturated heterocycles. The number of aromatic nitrogens is 4. The number of nitrogens with two attached hydrogens (primary N) is 1. The van der Waals surface area contributed by atoms with Crippen molar-refractivity contribution < 1.29 is 22.0 Å². The van der Waals surface area contributed by atoms with Crippen LogP contribution in [-0.4, -0.2) is 74.8 Å². The Kier molecular flexibility index (Phi) is 9.11. The van der Waals surface area contributed by atoms with Gasteiger partial charge in [-0.05, 0) is 68.0 Å². The van der Waals surface area contributed by atoms with Crippen LogP contribution in [0.5, 0.6) is 0 Å². The maximum absolute atomic E-state index is 16.5. The Morgan fingerprint density at radius 1 is 1.08 bits per heavy atom. The number of carbonyl (C=O) groups is 1. The largest absolute Gasteiger partial charge is 0.355 e. The third kappa shape index (κ3) is 6.22. The summed E-state index contributed by atoms with van der Waals surface area (Å²) < 4.78 is 60.0. The summed E-state index contributed by atoms with van der Waals surface area (Å²) in [5, 5.41) is 5.80. The quantitative estimate of drug-likeness (QED) is 0.318. The minimum atomic E-state index is -4.25. The molecule has 49 heavy (non-hydrogen) atoms. The van der Waals surface area contributed by atoms with Gasteiger partial charge < -0.3 is 9.80 Å². The van der Waals surface area contributed by atoms with Crippen LogP contribution in [0, 0.1) is 11.6 Å². The Hall–Kier alpha value is -4.60. The number of hydrogen-bond acceptors (Lipinski definition) is 8. The number of anilines is 1. The molecule has 1 fully saturated rings. The number of nitrogens with zero attached hydrogens (tertiary/aromatic N) is 7. The van der Waals surface area contributed by atoms with E-state index < -0.39 is 33.2 Å². The van der Waals surface area contributed by atoms with E-state index in [2.05, 4.69) is 16.5 Å². The van der Waals surface area contributed by atoms with Gasteiger partial charge in [0.25, 0.3) is 10.2 Å². The van der Waals surface area contributed by atoms with Gasteiger partial charge in [0.1, 0.15) is 23.1 Å². The van der Waals surface area contributed by atoms with Crippen molar-refractivity contribution >= 4 is 33.0 Å². The smallest absolute Gasteiger partial charge is 0.349 e. The van der Waals surface area contributed by atoms with Crippen LogP contribution in [0.25, 0.3) is 28.0 Å². The number of rotatable bonds is 4. The zero-order valence-electron chi connectivity index (χ0n) is 27.7. The fraction of sp³-hybridized carbons (Fsp3) is 0.382. The fourth-order valence-corrected chi connectivity index (χ4v) is 7.54. The first-order valence-corrected chi connectivity index (χ1v) is 17.6. The van der Waals surface area contributed by atoms with E-state index in [9.17, 15) is 18.0 Å². The van der Waals surface area contributed by atoms with Gasteiger partial charge in [-0.2, -0.15) is 17.7 Å². The lowest BCUT2D eigenvalue weighted by Crippen LogP contribution is -2.58. The van der Waals surface area contributed by atoms with Gasteiger partial charge in [-0.3, -0.25) is 9.78 Å². The second-order valence-corrected chi connectivity index (χ2v) is 14.4. The third-order valence-corrected chi connectivity index (χ3v) is 10.3. The van der Waals surface area contributed by atoms with Crippen molar-refractivity contribution in [3.8, 4) is 16.9 Å². The predicted octanol–water partition coefficient (Wildman–Crippen LogP) is 3.81. The SMILES string of the molecule is C=CC(=O)N1C[C@H](C)N(c2nc(=O)n3c4nc(c(F)cc24)-c2c(F)cccc2CN(S(N)(=O)=O)CCCc2ccnc(C(C)C)c2-3)C[C@H]1C. The Labute approximate surface area is 283 Å². The summed E-state index contributed by atoms with van der Waals surface area (Å²) in [6, 6.07) is 6.35. The van der Waals surface area contributed by atoms with Crippen LogP contribution in [0.3, 0.4) is 0 Å². The summed E-state index contributed by atoms with van der Waals surface area (Å²) in [6.07, 6.45) is 3.48. The van der Waals surface area contributed by atoms with Crippen LogP contribution in [0.15, 0.2) is 54.0 Å². The molecule has 6 rings (SSSR count). The molecule has 2 bridgehead atoms. The molecule has 15 heteroatoms. The van der Waals surface area contributed by atoms with E-state index in [4.69, 9.17) is 10.1 Å². The van der Waals surface area contributed by atoms with Gasteiger partial charge in [0, 0.05) is 50.0 Å². The van der Waals surface area contributed by atoms with Crippen molar-refractivity contribution in [2.75, 3.05) is 24.5 Å². The minimum Gasteiger partial charge on any atom is -0.349 e. The average molecular weight is 693 g/mol. The molecular formula is C34H38F2N8O4S. The maximum Gasteiger partial charge on any atom is 0.355 e. The molecule has 1 amide bonds. The number of pyridine rings is 2. The summed E-state index contributed by atoms with van der Waals surface area (Å²) in [5.74, 6) is -1.96. The van der Waals surface area contributed by atoms with Gasteiger partial charge in [0.05, 0.1) is 16.8 Å². The zero-order valence-corrected chi connectivity index (χ0v) is 28.5. The van der Waals surface area contributed by atoms with Crippen molar-refractivity contribution in [2.24, 2.45) is 5.14 Å². The van der Waals surface area contributed by atoms with Crippen molar-refractivity contribution in [3.05, 3.63) is 88.1 Å². The Balaban J connectivity index is 1.70. The highest BCUT2D eigenvalue weighted by atomic mass is 32.2. The molecule has 4 aromatic rings. The Morgan fingerprint density at radius 2 is 1.84 bits per heavy atom. The van der Waals surface area contributed by atoms with E-state index in [1.165, 1.54) is 28.8 Å². The fourth-order valence-electron chi connectivity index (χ4n) is 6.84. The Bertz CT molecular complexity index is 2160. The first-order chi connectivity index (χ1) is 23.2. The Morgan fingerprint density at radius 3 is 2.53 bits per heavy atom. The standard InChI is InChI=1S/C34H38F2N8O4S/c1-6-27(45)42-16-21(5)43(17-20(42)4)32-24-15-26(36)30-28-23(9-7-11-25(28)35)18-41(49(37,47)48)14-8-10-22-12-13-38-29(19(2)3)31(22)44(33(24)39-30)34(46)40-32/h6-7,9,11-13,15,19-21H,1,8,10,14,16-18H2,2-5H3,(H2,37,47,48)/t20-,21+/m1/s1. The number of piperazine rings is 1. The van der Waals surface area contributed by atoms with Gasteiger partial charge in [-0.25, -0.2) is 28.3 Å². The molecule has 3 aromatic heterocycles. The third-order valence-electron chi connectivity index (χ3n) is 9.22. The van der Waals surface area contributed by atoms with Crippen molar-refractivity contribution in [1.82, 2.24) is 28.7 Å². The number of fused-ring (bicyclic) bond motifs is 5. The van der Waals surface area contributed by atoms with Crippen LogP contribution >= 0.6 is 0 Å². The van der Waals surface area contributed by atoms with Crippen LogP contribution < -0.4 is 15.7 Å². The molecule has 0 saturated carbocycles. The van der Waals surface area contributed by atoms with Gasteiger partial charge in [-0.15, -0.1) is 0 Å². The van der Waals surface area contributed by atoms with Crippen LogP contribution in [0.4, 0.5) is 14.6 Å². The molecule has 0 spiro atoms. The highest BCUT2D eigenvalue weighted by Crippen LogP contribution is 2.36. The highest BCUT2D eigenvalue weighted by molar-refractivity contribution is 7.86. The molecular weight excluding hydrogens is 654 g/mol. The van der Waals surface area contributed by atoms with Gasteiger partial charge in [0.15, 0.2) is 5.65 Å². The molecule has 5 heterocycles. The average Bonchev–Trinajstić information content (AvgIpc) is 3.05. The number of amides is 1. The maximum atomic E-state index is 16.5.